The molecule has 0 saturated heterocycles. The number of benzene rings is 2. The smallest absolute Gasteiger partial charge is 0.255 e. The normalized spacial score (nSPS) is 14.5. The highest BCUT2D eigenvalue weighted by atomic mass is 32.2. The van der Waals surface area contributed by atoms with E-state index >= 15 is 0 Å². The SMILES string of the molecule is CC(C)c1ccccc1NC(=O)c1ccc(S(=O)(=O)NC2CC2)cc1. The van der Waals surface area contributed by atoms with Crippen LogP contribution in [-0.4, -0.2) is 20.4 Å². The van der Waals surface area contributed by atoms with Crippen molar-refractivity contribution in [2.75, 3.05) is 5.32 Å². The maximum absolute atomic E-state index is 12.5. The molecule has 0 bridgehead atoms. The molecular weight excluding hydrogens is 336 g/mol. The van der Waals surface area contributed by atoms with Crippen LogP contribution in [0.4, 0.5) is 5.69 Å². The topological polar surface area (TPSA) is 75.3 Å². The van der Waals surface area contributed by atoms with Gasteiger partial charge in [0.1, 0.15) is 0 Å². The summed E-state index contributed by atoms with van der Waals surface area (Å²) >= 11 is 0. The third-order valence-electron chi connectivity index (χ3n) is 4.16. The summed E-state index contributed by atoms with van der Waals surface area (Å²) < 4.78 is 27.0. The third-order valence-corrected chi connectivity index (χ3v) is 5.69. The summed E-state index contributed by atoms with van der Waals surface area (Å²) in [5.74, 6) is 0.0321. The monoisotopic (exact) mass is 358 g/mol. The molecule has 6 heteroatoms. The second-order valence-electron chi connectivity index (χ2n) is 6.62. The number of carbonyl (C=O) groups excluding carboxylic acids is 1. The number of sulfonamides is 1. The Labute approximate surface area is 148 Å². The first-order chi connectivity index (χ1) is 11.9. The van der Waals surface area contributed by atoms with Crippen molar-refractivity contribution in [1.29, 1.82) is 0 Å². The molecule has 2 aromatic rings. The van der Waals surface area contributed by atoms with Crippen LogP contribution in [0.3, 0.4) is 0 Å². The van der Waals surface area contributed by atoms with Gasteiger partial charge >= 0.3 is 0 Å². The van der Waals surface area contributed by atoms with Crippen LogP contribution >= 0.6 is 0 Å². The molecule has 0 aliphatic heterocycles. The minimum Gasteiger partial charge on any atom is -0.322 e. The molecule has 5 nitrogen and oxygen atoms in total. The lowest BCUT2D eigenvalue weighted by Gasteiger charge is -2.13. The molecule has 3 rings (SSSR count). The van der Waals surface area contributed by atoms with Gasteiger partial charge in [-0.05, 0) is 54.7 Å². The molecule has 1 aliphatic rings. The minimum absolute atomic E-state index is 0.0560. The van der Waals surface area contributed by atoms with Gasteiger partial charge in [-0.25, -0.2) is 13.1 Å². The van der Waals surface area contributed by atoms with E-state index in [2.05, 4.69) is 23.9 Å². The summed E-state index contributed by atoms with van der Waals surface area (Å²) in [6.07, 6.45) is 1.77. The number of para-hydroxylation sites is 1. The van der Waals surface area contributed by atoms with E-state index in [0.29, 0.717) is 5.56 Å². The first-order valence-electron chi connectivity index (χ1n) is 8.39. The fourth-order valence-corrected chi connectivity index (χ4v) is 3.89. The quantitative estimate of drug-likeness (QED) is 0.830. The van der Waals surface area contributed by atoms with Crippen LogP contribution in [0.1, 0.15) is 48.5 Å². The van der Waals surface area contributed by atoms with Crippen LogP contribution in [0.25, 0.3) is 0 Å². The number of carbonyl (C=O) groups is 1. The van der Waals surface area contributed by atoms with Crippen molar-refractivity contribution < 1.29 is 13.2 Å². The highest BCUT2D eigenvalue weighted by Gasteiger charge is 2.28. The van der Waals surface area contributed by atoms with Crippen LogP contribution in [0.5, 0.6) is 0 Å². The van der Waals surface area contributed by atoms with E-state index in [0.717, 1.165) is 24.1 Å². The van der Waals surface area contributed by atoms with Crippen LogP contribution in [0, 0.1) is 0 Å². The standard InChI is InChI=1S/C19H22N2O3S/c1-13(2)17-5-3-4-6-18(17)20-19(22)14-7-11-16(12-8-14)25(23,24)21-15-9-10-15/h3-8,11-13,15,21H,9-10H2,1-2H3,(H,20,22). The van der Waals surface area contributed by atoms with Crippen molar-refractivity contribution in [3.63, 3.8) is 0 Å². The molecular formula is C19H22N2O3S. The highest BCUT2D eigenvalue weighted by Crippen LogP contribution is 2.25. The van der Waals surface area contributed by atoms with E-state index in [9.17, 15) is 13.2 Å². The predicted molar refractivity (Wildman–Crippen MR) is 98.3 cm³/mol. The maximum atomic E-state index is 12.5. The van der Waals surface area contributed by atoms with Gasteiger partial charge in [-0.3, -0.25) is 4.79 Å². The average molecular weight is 358 g/mol. The van der Waals surface area contributed by atoms with Crippen molar-refractivity contribution in [2.24, 2.45) is 0 Å². The van der Waals surface area contributed by atoms with E-state index in [1.165, 1.54) is 24.3 Å². The third kappa shape index (κ3) is 4.27. The zero-order valence-electron chi connectivity index (χ0n) is 14.3. The summed E-state index contributed by atoms with van der Waals surface area (Å²) in [7, 11) is -3.50. The molecule has 1 aliphatic carbocycles. The zero-order chi connectivity index (χ0) is 18.0. The number of hydrogen-bond acceptors (Lipinski definition) is 3. The Bertz CT molecular complexity index is 870. The van der Waals surface area contributed by atoms with Crippen molar-refractivity contribution in [1.82, 2.24) is 4.72 Å². The van der Waals surface area contributed by atoms with Gasteiger partial charge in [0.15, 0.2) is 0 Å². The highest BCUT2D eigenvalue weighted by molar-refractivity contribution is 7.89. The Morgan fingerprint density at radius 2 is 1.68 bits per heavy atom. The molecule has 1 saturated carbocycles. The second kappa shape index (κ2) is 6.98. The molecule has 1 fully saturated rings. The van der Waals surface area contributed by atoms with Gasteiger partial charge in [0, 0.05) is 17.3 Å². The van der Waals surface area contributed by atoms with E-state index in [1.54, 1.807) is 0 Å². The molecule has 0 radical (unpaired) electrons. The van der Waals surface area contributed by atoms with Crippen molar-refractivity contribution >= 4 is 21.6 Å². The van der Waals surface area contributed by atoms with Gasteiger partial charge in [0.05, 0.1) is 4.90 Å². The summed E-state index contributed by atoms with van der Waals surface area (Å²) in [6.45, 7) is 4.13. The Balaban J connectivity index is 1.75. The van der Waals surface area contributed by atoms with Crippen molar-refractivity contribution in [3.8, 4) is 0 Å². The number of hydrogen-bond donors (Lipinski definition) is 2. The molecule has 0 aromatic heterocycles. The van der Waals surface area contributed by atoms with Gasteiger partial charge in [-0.1, -0.05) is 32.0 Å². The molecule has 2 N–H and O–H groups in total. The molecule has 0 atom stereocenters. The molecule has 0 unspecified atom stereocenters. The molecule has 0 spiro atoms. The van der Waals surface area contributed by atoms with Gasteiger partial charge in [0.25, 0.3) is 5.91 Å². The van der Waals surface area contributed by atoms with Crippen LogP contribution < -0.4 is 10.0 Å². The lowest BCUT2D eigenvalue weighted by Crippen LogP contribution is -2.25. The van der Waals surface area contributed by atoms with Crippen LogP contribution in [-0.2, 0) is 10.0 Å². The van der Waals surface area contributed by atoms with E-state index in [4.69, 9.17) is 0 Å². The molecule has 2 aromatic carbocycles. The largest absolute Gasteiger partial charge is 0.322 e. The fourth-order valence-electron chi connectivity index (χ4n) is 2.58. The first kappa shape index (κ1) is 17.6. The van der Waals surface area contributed by atoms with E-state index < -0.39 is 10.0 Å². The number of nitrogens with one attached hydrogen (secondary N) is 2. The summed E-state index contributed by atoms with van der Waals surface area (Å²) in [5.41, 5.74) is 2.25. The van der Waals surface area contributed by atoms with E-state index in [-0.39, 0.29) is 22.8 Å². The number of amides is 1. The maximum Gasteiger partial charge on any atom is 0.255 e. The summed E-state index contributed by atoms with van der Waals surface area (Å²) in [6, 6.07) is 13.7. The molecule has 25 heavy (non-hydrogen) atoms. The minimum atomic E-state index is -3.50. The Kier molecular flexibility index (Phi) is 4.92. The Morgan fingerprint density at radius 1 is 1.04 bits per heavy atom. The average Bonchev–Trinajstić information content (AvgIpc) is 3.38. The van der Waals surface area contributed by atoms with Gasteiger partial charge in [-0.15, -0.1) is 0 Å². The van der Waals surface area contributed by atoms with Crippen LogP contribution in [0.2, 0.25) is 0 Å². The Morgan fingerprint density at radius 3 is 2.28 bits per heavy atom. The Hall–Kier alpha value is -2.18. The number of rotatable bonds is 6. The second-order valence-corrected chi connectivity index (χ2v) is 8.33. The summed E-state index contributed by atoms with van der Waals surface area (Å²) in [5, 5.41) is 2.90. The molecule has 0 heterocycles. The molecule has 132 valence electrons. The predicted octanol–water partition coefficient (Wildman–Crippen LogP) is 3.50. The van der Waals surface area contributed by atoms with Gasteiger partial charge in [0.2, 0.25) is 10.0 Å². The molecule has 1 amide bonds. The van der Waals surface area contributed by atoms with Crippen LogP contribution in [0.15, 0.2) is 53.4 Å². The summed E-state index contributed by atoms with van der Waals surface area (Å²) in [4.78, 5) is 12.6. The van der Waals surface area contributed by atoms with Gasteiger partial charge in [-0.2, -0.15) is 0 Å². The van der Waals surface area contributed by atoms with E-state index in [1.807, 2.05) is 24.3 Å². The lowest BCUT2D eigenvalue weighted by molar-refractivity contribution is 0.102. The zero-order valence-corrected chi connectivity index (χ0v) is 15.1. The first-order valence-corrected chi connectivity index (χ1v) is 9.88. The van der Waals surface area contributed by atoms with Crippen molar-refractivity contribution in [2.45, 2.75) is 43.5 Å². The number of anilines is 1. The van der Waals surface area contributed by atoms with Crippen molar-refractivity contribution in [3.05, 3.63) is 59.7 Å². The lowest BCUT2D eigenvalue weighted by atomic mass is 10.0. The fraction of sp³-hybridized carbons (Fsp3) is 0.316. The van der Waals surface area contributed by atoms with Gasteiger partial charge < -0.3 is 5.32 Å².